The molecule has 0 aliphatic heterocycles. The summed E-state index contributed by atoms with van der Waals surface area (Å²) in [5.41, 5.74) is 2.99. The lowest BCUT2D eigenvalue weighted by Gasteiger charge is -2.26. The van der Waals surface area contributed by atoms with Crippen LogP contribution in [0, 0.1) is 0 Å². The molecule has 146 valence electrons. The van der Waals surface area contributed by atoms with Crippen molar-refractivity contribution in [2.45, 2.75) is 32.2 Å². The van der Waals surface area contributed by atoms with Crippen LogP contribution in [0.1, 0.15) is 37.9 Å². The van der Waals surface area contributed by atoms with Gasteiger partial charge in [0.15, 0.2) is 0 Å². The molecule has 0 aliphatic carbocycles. The molecule has 27 heavy (non-hydrogen) atoms. The van der Waals surface area contributed by atoms with Crippen molar-refractivity contribution < 1.29 is 9.53 Å². The van der Waals surface area contributed by atoms with E-state index in [1.54, 1.807) is 7.11 Å². The lowest BCUT2D eigenvalue weighted by atomic mass is 9.86. The van der Waals surface area contributed by atoms with Gasteiger partial charge in [-0.25, -0.2) is 4.79 Å². The number of likely N-dealkylation sites (N-methyl/N-ethyl adjacent to an activating group) is 1. The minimum Gasteiger partial charge on any atom is -0.497 e. The maximum atomic E-state index is 12.5. The van der Waals surface area contributed by atoms with Gasteiger partial charge in [-0.15, -0.1) is 0 Å². The highest BCUT2D eigenvalue weighted by molar-refractivity contribution is 5.90. The summed E-state index contributed by atoms with van der Waals surface area (Å²) in [6.07, 6.45) is 0. The molecule has 0 radical (unpaired) electrons. The van der Waals surface area contributed by atoms with Crippen LogP contribution in [0.5, 0.6) is 5.75 Å². The smallest absolute Gasteiger partial charge is 0.319 e. The lowest BCUT2D eigenvalue weighted by molar-refractivity contribution is 0.243. The Morgan fingerprint density at radius 1 is 1.11 bits per heavy atom. The van der Waals surface area contributed by atoms with E-state index in [1.165, 1.54) is 0 Å². The highest BCUT2D eigenvalue weighted by atomic mass is 16.5. The molecule has 0 aliphatic rings. The van der Waals surface area contributed by atoms with Crippen molar-refractivity contribution in [2.75, 3.05) is 33.1 Å². The van der Waals surface area contributed by atoms with E-state index in [9.17, 15) is 4.79 Å². The Morgan fingerprint density at radius 3 is 2.44 bits per heavy atom. The monoisotopic (exact) mass is 369 g/mol. The normalized spacial score (nSPS) is 12.6. The van der Waals surface area contributed by atoms with Crippen molar-refractivity contribution in [3.63, 3.8) is 0 Å². The van der Waals surface area contributed by atoms with Crippen molar-refractivity contribution in [1.29, 1.82) is 0 Å². The van der Waals surface area contributed by atoms with E-state index in [0.717, 1.165) is 22.6 Å². The summed E-state index contributed by atoms with van der Waals surface area (Å²) in [4.78, 5) is 14.6. The SMILES string of the molecule is COc1cccc(C(CNC(=O)Nc2ccccc2C(C)(C)C)N(C)C)c1. The van der Waals surface area contributed by atoms with Crippen LogP contribution in [0.4, 0.5) is 10.5 Å². The van der Waals surface area contributed by atoms with Gasteiger partial charge in [0.1, 0.15) is 5.75 Å². The Hall–Kier alpha value is -2.53. The number of carbonyl (C=O) groups excluding carboxylic acids is 1. The molecule has 5 nitrogen and oxygen atoms in total. The van der Waals surface area contributed by atoms with E-state index in [2.05, 4.69) is 42.4 Å². The zero-order valence-electron chi connectivity index (χ0n) is 17.2. The van der Waals surface area contributed by atoms with E-state index in [0.29, 0.717) is 6.54 Å². The fourth-order valence-electron chi connectivity index (χ4n) is 3.05. The first-order valence-corrected chi connectivity index (χ1v) is 9.17. The minimum atomic E-state index is -0.207. The Balaban J connectivity index is 2.07. The number of hydrogen-bond donors (Lipinski definition) is 2. The van der Waals surface area contributed by atoms with Crippen LogP contribution in [0.3, 0.4) is 0 Å². The number of ether oxygens (including phenoxy) is 1. The van der Waals surface area contributed by atoms with Gasteiger partial charge in [0.25, 0.3) is 0 Å². The van der Waals surface area contributed by atoms with Crippen LogP contribution < -0.4 is 15.4 Å². The average molecular weight is 370 g/mol. The van der Waals surface area contributed by atoms with Gasteiger partial charge < -0.3 is 20.3 Å². The third-order valence-electron chi connectivity index (χ3n) is 4.54. The number of amides is 2. The van der Waals surface area contributed by atoms with E-state index < -0.39 is 0 Å². The molecule has 0 heterocycles. The van der Waals surface area contributed by atoms with Crippen LogP contribution in [0.15, 0.2) is 48.5 Å². The van der Waals surface area contributed by atoms with Crippen molar-refractivity contribution in [2.24, 2.45) is 0 Å². The molecule has 1 atom stereocenters. The topological polar surface area (TPSA) is 53.6 Å². The van der Waals surface area contributed by atoms with E-state index in [-0.39, 0.29) is 17.5 Å². The highest BCUT2D eigenvalue weighted by Gasteiger charge is 2.20. The van der Waals surface area contributed by atoms with Crippen LogP contribution in [0.25, 0.3) is 0 Å². The summed E-state index contributed by atoms with van der Waals surface area (Å²) < 4.78 is 5.32. The van der Waals surface area contributed by atoms with E-state index >= 15 is 0 Å². The fraction of sp³-hybridized carbons (Fsp3) is 0.409. The van der Waals surface area contributed by atoms with Crippen LogP contribution in [-0.4, -0.2) is 38.7 Å². The summed E-state index contributed by atoms with van der Waals surface area (Å²) in [7, 11) is 5.65. The van der Waals surface area contributed by atoms with Crippen LogP contribution in [-0.2, 0) is 5.41 Å². The average Bonchev–Trinajstić information content (AvgIpc) is 2.61. The molecular weight excluding hydrogens is 338 g/mol. The maximum Gasteiger partial charge on any atom is 0.319 e. The second-order valence-corrected chi connectivity index (χ2v) is 7.89. The summed E-state index contributed by atoms with van der Waals surface area (Å²) in [6.45, 7) is 6.90. The van der Waals surface area contributed by atoms with Crippen molar-refractivity contribution in [3.8, 4) is 5.75 Å². The van der Waals surface area contributed by atoms with Gasteiger partial charge in [-0.05, 0) is 48.8 Å². The van der Waals surface area contributed by atoms with Crippen LogP contribution in [0.2, 0.25) is 0 Å². The second-order valence-electron chi connectivity index (χ2n) is 7.89. The largest absolute Gasteiger partial charge is 0.497 e. The number of carbonyl (C=O) groups is 1. The van der Waals surface area contributed by atoms with Gasteiger partial charge in [-0.2, -0.15) is 0 Å². The van der Waals surface area contributed by atoms with Crippen molar-refractivity contribution in [1.82, 2.24) is 10.2 Å². The molecule has 0 saturated carbocycles. The maximum absolute atomic E-state index is 12.5. The van der Waals surface area contributed by atoms with Crippen LogP contribution >= 0.6 is 0 Å². The molecule has 0 saturated heterocycles. The lowest BCUT2D eigenvalue weighted by Crippen LogP contribution is -2.37. The molecule has 2 rings (SSSR count). The molecule has 0 fully saturated rings. The molecule has 0 bridgehead atoms. The molecule has 5 heteroatoms. The first-order valence-electron chi connectivity index (χ1n) is 9.17. The predicted octanol–water partition coefficient (Wildman–Crippen LogP) is 4.42. The highest BCUT2D eigenvalue weighted by Crippen LogP contribution is 2.29. The third kappa shape index (κ3) is 5.73. The molecule has 1 unspecified atom stereocenters. The molecule has 0 spiro atoms. The molecule has 2 amide bonds. The number of methoxy groups -OCH3 is 1. The number of hydrogen-bond acceptors (Lipinski definition) is 3. The predicted molar refractivity (Wildman–Crippen MR) is 112 cm³/mol. The zero-order chi connectivity index (χ0) is 20.0. The molecular formula is C22H31N3O2. The van der Waals surface area contributed by atoms with Gasteiger partial charge in [-0.1, -0.05) is 51.1 Å². The van der Waals surface area contributed by atoms with E-state index in [1.807, 2.05) is 56.6 Å². The number of nitrogens with one attached hydrogen (secondary N) is 2. The number of nitrogens with zero attached hydrogens (tertiary/aromatic N) is 1. The Labute approximate surface area is 162 Å². The Morgan fingerprint density at radius 2 is 1.81 bits per heavy atom. The first-order chi connectivity index (χ1) is 12.7. The van der Waals surface area contributed by atoms with Gasteiger partial charge in [0, 0.05) is 12.2 Å². The molecule has 2 aromatic rings. The minimum absolute atomic E-state index is 0.0450. The molecule has 2 aromatic carbocycles. The first kappa shape index (κ1) is 20.8. The fourth-order valence-corrected chi connectivity index (χ4v) is 3.05. The Bertz CT molecular complexity index is 766. The summed E-state index contributed by atoms with van der Waals surface area (Å²) in [6, 6.07) is 15.7. The van der Waals surface area contributed by atoms with Gasteiger partial charge in [0.05, 0.1) is 13.2 Å². The summed E-state index contributed by atoms with van der Waals surface area (Å²) in [5.74, 6) is 0.808. The number of benzene rings is 2. The number of anilines is 1. The number of rotatable bonds is 6. The third-order valence-corrected chi connectivity index (χ3v) is 4.54. The molecule has 0 aromatic heterocycles. The van der Waals surface area contributed by atoms with Gasteiger partial charge in [-0.3, -0.25) is 0 Å². The quantitative estimate of drug-likeness (QED) is 0.793. The summed E-state index contributed by atoms with van der Waals surface area (Å²) >= 11 is 0. The van der Waals surface area contributed by atoms with Crippen molar-refractivity contribution >= 4 is 11.7 Å². The van der Waals surface area contributed by atoms with Crippen molar-refractivity contribution in [3.05, 3.63) is 59.7 Å². The van der Waals surface area contributed by atoms with Gasteiger partial charge >= 0.3 is 6.03 Å². The van der Waals surface area contributed by atoms with E-state index in [4.69, 9.17) is 4.74 Å². The molecule has 2 N–H and O–H groups in total. The standard InChI is InChI=1S/C22H31N3O2/c1-22(2,3)18-12-7-8-13-19(18)24-21(26)23-15-20(25(4)5)16-10-9-11-17(14-16)27-6/h7-14,20H,15H2,1-6H3,(H2,23,24,26). The zero-order valence-corrected chi connectivity index (χ0v) is 17.2. The Kier molecular flexibility index (Phi) is 6.86. The van der Waals surface area contributed by atoms with Gasteiger partial charge in [0.2, 0.25) is 0 Å². The number of urea groups is 1. The summed E-state index contributed by atoms with van der Waals surface area (Å²) in [5, 5.41) is 5.99. The second kappa shape index (κ2) is 8.91. The number of para-hydroxylation sites is 1.